The van der Waals surface area contributed by atoms with Crippen LogP contribution in [0.25, 0.3) is 0 Å². The zero-order valence-electron chi connectivity index (χ0n) is 9.03. The van der Waals surface area contributed by atoms with E-state index in [1.165, 1.54) is 11.3 Å². The number of nitrogens with one attached hydrogen (secondary N) is 1. The van der Waals surface area contributed by atoms with Gasteiger partial charge in [0.25, 0.3) is 0 Å². The first-order valence-corrected chi connectivity index (χ1v) is 6.54. The van der Waals surface area contributed by atoms with Crippen LogP contribution < -0.4 is 4.72 Å². The van der Waals surface area contributed by atoms with Crippen molar-refractivity contribution in [2.75, 3.05) is 0 Å². The predicted molar refractivity (Wildman–Crippen MR) is 63.8 cm³/mol. The molecule has 1 rings (SSSR count). The van der Waals surface area contributed by atoms with E-state index >= 15 is 0 Å². The second kappa shape index (κ2) is 4.99. The van der Waals surface area contributed by atoms with Gasteiger partial charge in [-0.05, 0) is 32.9 Å². The quantitative estimate of drug-likeness (QED) is 0.826. The monoisotopic (exact) mass is 242 g/mol. The van der Waals surface area contributed by atoms with Gasteiger partial charge < -0.3 is 4.55 Å². The molecule has 0 aliphatic heterocycles. The summed E-state index contributed by atoms with van der Waals surface area (Å²) in [5.41, 5.74) is 0. The zero-order valence-corrected chi connectivity index (χ0v) is 10.7. The van der Waals surface area contributed by atoms with Crippen molar-refractivity contribution in [3.05, 3.63) is 21.9 Å². The summed E-state index contributed by atoms with van der Waals surface area (Å²) in [7, 11) is 0. The molecule has 5 heteroatoms. The van der Waals surface area contributed by atoms with Gasteiger partial charge in [-0.1, -0.05) is 0 Å². The first-order valence-electron chi connectivity index (χ1n) is 4.57. The number of hydrogen-bond donors (Lipinski definition) is 1. The van der Waals surface area contributed by atoms with E-state index < -0.39 is 11.4 Å². The average Bonchev–Trinajstić information content (AvgIpc) is 2.60. The topological polar surface area (TPSA) is 58.9 Å². The van der Waals surface area contributed by atoms with Crippen molar-refractivity contribution in [2.24, 2.45) is 0 Å². The molecule has 0 aliphatic rings. The van der Waals surface area contributed by atoms with Crippen LogP contribution in [0.2, 0.25) is 0 Å². The highest BCUT2D eigenvalue weighted by molar-refractivity contribution is 7.90. The summed E-state index contributed by atoms with van der Waals surface area (Å²) in [5, 5.41) is 8.64. The van der Waals surface area contributed by atoms with E-state index in [0.717, 1.165) is 4.88 Å². The Morgan fingerprint density at radius 2 is 2.20 bits per heavy atom. The summed E-state index contributed by atoms with van der Waals surface area (Å²) in [6.45, 7) is 6.32. The molecular weight excluding hydrogens is 228 g/mol. The Kier molecular flexibility index (Phi) is 4.17. The molecule has 0 saturated heterocycles. The lowest BCUT2D eigenvalue weighted by Gasteiger charge is -2.23. The molecule has 15 heavy (non-hydrogen) atoms. The summed E-state index contributed by atoms with van der Waals surface area (Å²) >= 11 is 0.371. The molecule has 1 N–H and O–H groups in total. The number of thiophene rings is 1. The molecule has 0 aromatic carbocycles. The fourth-order valence-electron chi connectivity index (χ4n) is 0.886. The van der Waals surface area contributed by atoms with Gasteiger partial charge in [0, 0.05) is 16.2 Å². The van der Waals surface area contributed by atoms with Gasteiger partial charge in [-0.25, -0.2) is 0 Å². The summed E-state index contributed by atoms with van der Waals surface area (Å²) in [6, 6.07) is 5.74. The third-order valence-corrected chi connectivity index (χ3v) is 4.21. The maximum Gasteiger partial charge on any atom is 0.136 e. The molecule has 0 bridgehead atoms. The number of nitriles is 1. The van der Waals surface area contributed by atoms with Crippen LogP contribution in [0.3, 0.4) is 0 Å². The summed E-state index contributed by atoms with van der Waals surface area (Å²) in [6.07, 6.45) is 0. The lowest BCUT2D eigenvalue weighted by atomic mass is 10.3. The van der Waals surface area contributed by atoms with Crippen molar-refractivity contribution in [3.63, 3.8) is 0 Å². The van der Waals surface area contributed by atoms with Gasteiger partial charge in [0.05, 0.1) is 6.54 Å². The fourth-order valence-corrected chi connectivity index (χ4v) is 2.44. The number of hydrogen-bond acceptors (Lipinski definition) is 4. The smallest absolute Gasteiger partial charge is 0.136 e. The first kappa shape index (κ1) is 12.5. The third kappa shape index (κ3) is 3.84. The molecule has 3 nitrogen and oxygen atoms in total. The Balaban J connectivity index is 2.48. The second-order valence-electron chi connectivity index (χ2n) is 4.08. The average molecular weight is 242 g/mol. The molecule has 0 fully saturated rings. The van der Waals surface area contributed by atoms with Gasteiger partial charge in [0.1, 0.15) is 15.7 Å². The van der Waals surface area contributed by atoms with Crippen LogP contribution in [0.15, 0.2) is 12.1 Å². The Morgan fingerprint density at radius 1 is 1.53 bits per heavy atom. The summed E-state index contributed by atoms with van der Waals surface area (Å²) in [4.78, 5) is 1.72. The highest BCUT2D eigenvalue weighted by atomic mass is 32.2. The lowest BCUT2D eigenvalue weighted by molar-refractivity contribution is 0.544. The first-order chi connectivity index (χ1) is 6.93. The van der Waals surface area contributed by atoms with E-state index in [9.17, 15) is 4.55 Å². The van der Waals surface area contributed by atoms with Crippen molar-refractivity contribution < 1.29 is 4.55 Å². The van der Waals surface area contributed by atoms with Gasteiger partial charge in [0.15, 0.2) is 0 Å². The van der Waals surface area contributed by atoms with Gasteiger partial charge in [0.2, 0.25) is 0 Å². The van der Waals surface area contributed by atoms with E-state index in [4.69, 9.17) is 5.26 Å². The molecule has 1 aromatic heterocycles. The Hall–Kier alpha value is -0.540. The van der Waals surface area contributed by atoms with Crippen LogP contribution >= 0.6 is 11.3 Å². The Bertz CT molecular complexity index is 362. The van der Waals surface area contributed by atoms with Crippen molar-refractivity contribution in [2.45, 2.75) is 32.1 Å². The van der Waals surface area contributed by atoms with Gasteiger partial charge in [-0.3, -0.25) is 0 Å². The Labute approximate surface area is 97.4 Å². The van der Waals surface area contributed by atoms with E-state index in [0.29, 0.717) is 11.4 Å². The van der Waals surface area contributed by atoms with Crippen LogP contribution in [0.4, 0.5) is 0 Å². The van der Waals surface area contributed by atoms with Gasteiger partial charge in [-0.2, -0.15) is 5.26 Å². The minimum Gasteiger partial charge on any atom is -0.598 e. The molecule has 1 atom stereocenters. The van der Waals surface area contributed by atoms with Gasteiger partial charge in [-0.15, -0.1) is 16.1 Å². The molecule has 82 valence electrons. The van der Waals surface area contributed by atoms with E-state index in [-0.39, 0.29) is 4.75 Å². The molecule has 0 spiro atoms. The normalized spacial score (nSPS) is 13.5. The number of nitrogens with zero attached hydrogens (tertiary/aromatic N) is 1. The molecule has 0 amide bonds. The molecule has 1 unspecified atom stereocenters. The van der Waals surface area contributed by atoms with Crippen LogP contribution in [0, 0.1) is 11.3 Å². The minimum atomic E-state index is -1.06. The van der Waals surface area contributed by atoms with Crippen LogP contribution in [-0.4, -0.2) is 9.30 Å². The maximum atomic E-state index is 11.7. The van der Waals surface area contributed by atoms with E-state index in [1.807, 2.05) is 26.8 Å². The SMILES string of the molecule is CC(C)(C)[S+]([O-])NCc1ccc(C#N)s1. The molecular formula is C10H14N2OS2. The van der Waals surface area contributed by atoms with E-state index in [1.54, 1.807) is 6.07 Å². The van der Waals surface area contributed by atoms with Crippen molar-refractivity contribution >= 4 is 22.7 Å². The Morgan fingerprint density at radius 3 is 2.67 bits per heavy atom. The second-order valence-corrected chi connectivity index (χ2v) is 7.30. The molecule has 0 aliphatic carbocycles. The van der Waals surface area contributed by atoms with E-state index in [2.05, 4.69) is 10.8 Å². The molecule has 0 radical (unpaired) electrons. The fraction of sp³-hybridized carbons (Fsp3) is 0.500. The molecule has 1 aromatic rings. The molecule has 1 heterocycles. The third-order valence-electron chi connectivity index (χ3n) is 1.71. The van der Waals surface area contributed by atoms with Gasteiger partial charge >= 0.3 is 0 Å². The van der Waals surface area contributed by atoms with Crippen molar-refractivity contribution in [1.82, 2.24) is 4.72 Å². The largest absolute Gasteiger partial charge is 0.598 e. The van der Waals surface area contributed by atoms with Crippen LogP contribution in [-0.2, 0) is 17.9 Å². The predicted octanol–water partition coefficient (Wildman–Crippen LogP) is 2.17. The highest BCUT2D eigenvalue weighted by Crippen LogP contribution is 2.17. The van der Waals surface area contributed by atoms with Crippen LogP contribution in [0.1, 0.15) is 30.5 Å². The van der Waals surface area contributed by atoms with Crippen molar-refractivity contribution in [3.8, 4) is 6.07 Å². The summed E-state index contributed by atoms with van der Waals surface area (Å²) in [5.74, 6) is 0. The van der Waals surface area contributed by atoms with Crippen molar-refractivity contribution in [1.29, 1.82) is 5.26 Å². The highest BCUT2D eigenvalue weighted by Gasteiger charge is 2.25. The zero-order chi connectivity index (χ0) is 11.5. The minimum absolute atomic E-state index is 0.255. The van der Waals surface area contributed by atoms with Crippen LogP contribution in [0.5, 0.6) is 0 Å². The maximum absolute atomic E-state index is 11.7. The molecule has 0 saturated carbocycles. The number of rotatable bonds is 3. The summed E-state index contributed by atoms with van der Waals surface area (Å²) < 4.78 is 14.3. The lowest BCUT2D eigenvalue weighted by Crippen LogP contribution is -2.38. The standard InChI is InChI=1S/C10H14N2OS2/c1-10(2,3)15(13)12-7-9-5-4-8(6-11)14-9/h4-5,12H,7H2,1-3H3.